The number of rotatable bonds is 8. The van der Waals surface area contributed by atoms with Gasteiger partial charge in [0, 0.05) is 57.1 Å². The van der Waals surface area contributed by atoms with Crippen LogP contribution in [0.5, 0.6) is 11.5 Å². The van der Waals surface area contributed by atoms with Crippen LogP contribution >= 0.6 is 0 Å². The second-order valence-corrected chi connectivity index (χ2v) is 10.3. The Hall–Kier alpha value is -3.74. The Morgan fingerprint density at radius 3 is 2.80 bits per heavy atom. The zero-order valence-electron chi connectivity index (χ0n) is 22.8. The van der Waals surface area contributed by atoms with Gasteiger partial charge in [0.25, 0.3) is 5.91 Å². The molecule has 2 saturated heterocycles. The van der Waals surface area contributed by atoms with Crippen LogP contribution in [0.4, 0.5) is 11.5 Å². The monoisotopic (exact) mass is 548 g/mol. The lowest BCUT2D eigenvalue weighted by molar-refractivity contribution is 0.0357. The summed E-state index contributed by atoms with van der Waals surface area (Å²) in [4.78, 5) is 33.7. The molecule has 12 nitrogen and oxygen atoms in total. The van der Waals surface area contributed by atoms with Crippen LogP contribution in [0.2, 0.25) is 0 Å². The first kappa shape index (κ1) is 26.5. The van der Waals surface area contributed by atoms with Crippen molar-refractivity contribution in [3.8, 4) is 11.5 Å². The van der Waals surface area contributed by atoms with Crippen LogP contribution in [0.3, 0.4) is 0 Å². The van der Waals surface area contributed by atoms with Gasteiger partial charge in [-0.05, 0) is 37.1 Å². The van der Waals surface area contributed by atoms with Crippen LogP contribution in [0.1, 0.15) is 28.8 Å². The summed E-state index contributed by atoms with van der Waals surface area (Å²) in [6, 6.07) is 7.67. The van der Waals surface area contributed by atoms with E-state index in [1.807, 2.05) is 23.1 Å². The van der Waals surface area contributed by atoms with Gasteiger partial charge in [-0.1, -0.05) is 0 Å². The Bertz CT molecular complexity index is 1290. The van der Waals surface area contributed by atoms with Gasteiger partial charge in [0.2, 0.25) is 5.96 Å². The molecular formula is C28H36N8O4. The Balaban J connectivity index is 1.17. The largest absolute Gasteiger partial charge is 0.491 e. The minimum Gasteiger partial charge on any atom is -0.491 e. The number of amidine groups is 1. The van der Waals surface area contributed by atoms with Crippen molar-refractivity contribution in [2.24, 2.45) is 15.7 Å². The Morgan fingerprint density at radius 2 is 2.05 bits per heavy atom. The number of hydrogen-bond acceptors (Lipinski definition) is 11. The number of nitrogens with one attached hydrogen (secondary N) is 1. The number of fused-ring (bicyclic) bond motifs is 3. The Labute approximate surface area is 233 Å². The topological polar surface area (TPSA) is 130 Å². The fourth-order valence-corrected chi connectivity index (χ4v) is 5.47. The smallest absolute Gasteiger partial charge is 0.259 e. The molecule has 1 unspecified atom stereocenters. The fraction of sp³-hybridized carbons (Fsp3) is 0.500. The molecule has 0 aliphatic carbocycles. The molecule has 3 N–H and O–H groups in total. The number of methoxy groups -OCH3 is 1. The zero-order valence-corrected chi connectivity index (χ0v) is 22.8. The molecule has 40 heavy (non-hydrogen) atoms. The van der Waals surface area contributed by atoms with Crippen molar-refractivity contribution in [1.82, 2.24) is 20.1 Å². The summed E-state index contributed by atoms with van der Waals surface area (Å²) < 4.78 is 17.3. The van der Waals surface area contributed by atoms with Crippen molar-refractivity contribution < 1.29 is 19.0 Å². The summed E-state index contributed by atoms with van der Waals surface area (Å²) in [5.74, 6) is 2.85. The van der Waals surface area contributed by atoms with Crippen LogP contribution < -0.4 is 25.4 Å². The molecule has 1 aromatic heterocycles. The minimum absolute atomic E-state index is 0.159. The van der Waals surface area contributed by atoms with Crippen molar-refractivity contribution in [2.45, 2.75) is 18.9 Å². The van der Waals surface area contributed by atoms with E-state index in [1.54, 1.807) is 19.4 Å². The number of ether oxygens (including phenoxy) is 3. The second-order valence-electron chi connectivity index (χ2n) is 10.3. The molecule has 2 aromatic rings. The van der Waals surface area contributed by atoms with Crippen molar-refractivity contribution in [2.75, 3.05) is 77.6 Å². The molecule has 0 bridgehead atoms. The molecule has 12 heteroatoms. The molecule has 212 valence electrons. The van der Waals surface area contributed by atoms with Gasteiger partial charge in [-0.25, -0.2) is 9.98 Å². The number of anilines is 1. The fourth-order valence-electron chi connectivity index (χ4n) is 5.47. The predicted molar refractivity (Wildman–Crippen MR) is 152 cm³/mol. The van der Waals surface area contributed by atoms with Crippen LogP contribution in [-0.4, -0.2) is 111 Å². The van der Waals surface area contributed by atoms with Crippen LogP contribution in [0, 0.1) is 0 Å². The number of pyridine rings is 1. The van der Waals surface area contributed by atoms with Crippen LogP contribution in [0.15, 0.2) is 40.4 Å². The van der Waals surface area contributed by atoms with E-state index >= 15 is 0 Å². The number of benzene rings is 1. The third kappa shape index (κ3) is 5.47. The number of aromatic nitrogens is 1. The number of nitrogens with two attached hydrogens (primary N) is 1. The highest BCUT2D eigenvalue weighted by atomic mass is 16.5. The van der Waals surface area contributed by atoms with E-state index in [0.29, 0.717) is 48.4 Å². The number of morpholine rings is 1. The highest BCUT2D eigenvalue weighted by Gasteiger charge is 2.33. The number of hydrogen-bond donors (Lipinski definition) is 2. The predicted octanol–water partition coefficient (Wildman–Crippen LogP) is 1.22. The molecule has 0 saturated carbocycles. The third-order valence-corrected chi connectivity index (χ3v) is 7.62. The van der Waals surface area contributed by atoms with Gasteiger partial charge >= 0.3 is 0 Å². The van der Waals surface area contributed by atoms with Gasteiger partial charge in [-0.15, -0.1) is 0 Å². The summed E-state index contributed by atoms with van der Waals surface area (Å²) in [6.07, 6.45) is 3.42. The molecule has 0 radical (unpaired) electrons. The molecule has 6 rings (SSSR count). The van der Waals surface area contributed by atoms with Crippen LogP contribution in [0.25, 0.3) is 0 Å². The number of carbonyl (C=O) groups excluding carboxylic acids is 1. The second kappa shape index (κ2) is 11.8. The lowest BCUT2D eigenvalue weighted by atomic mass is 10.1. The van der Waals surface area contributed by atoms with Gasteiger partial charge in [0.15, 0.2) is 11.5 Å². The van der Waals surface area contributed by atoms with Gasteiger partial charge < -0.3 is 24.8 Å². The normalized spacial score (nSPS) is 20.5. The number of guanidine groups is 1. The first-order valence-corrected chi connectivity index (χ1v) is 13.9. The molecule has 4 aliphatic heterocycles. The summed E-state index contributed by atoms with van der Waals surface area (Å²) in [5.41, 5.74) is 7.92. The lowest BCUT2D eigenvalue weighted by Gasteiger charge is -2.29. The molecule has 1 aromatic carbocycles. The highest BCUT2D eigenvalue weighted by Crippen LogP contribution is 2.43. The van der Waals surface area contributed by atoms with E-state index in [9.17, 15) is 4.79 Å². The summed E-state index contributed by atoms with van der Waals surface area (Å²) >= 11 is 0. The zero-order chi connectivity index (χ0) is 27.5. The molecule has 5 heterocycles. The molecule has 0 spiro atoms. The standard InChI is InChI=1S/C28H36N8O4/c1-38-25-22(40-14-2-9-34-12-15-39-16-13-34)5-4-21-24(25)32-28(36-11-8-30-26(21)36)33-27(37)19-3-6-23(31-17-19)35-10-7-20(29)18-35/h3-6,17,20H,2,7-16,18,29H2,1H3,(H,32,33,37). The number of aliphatic imine (C=N–C) groups is 2. The highest BCUT2D eigenvalue weighted by molar-refractivity contribution is 6.20. The van der Waals surface area contributed by atoms with Crippen molar-refractivity contribution >= 4 is 29.2 Å². The summed E-state index contributed by atoms with van der Waals surface area (Å²) in [5, 5.41) is 2.97. The van der Waals surface area contributed by atoms with E-state index in [4.69, 9.17) is 29.9 Å². The lowest BCUT2D eigenvalue weighted by Crippen LogP contribution is -2.47. The van der Waals surface area contributed by atoms with E-state index < -0.39 is 0 Å². The van der Waals surface area contributed by atoms with Gasteiger partial charge in [-0.3, -0.25) is 24.9 Å². The van der Waals surface area contributed by atoms with Crippen molar-refractivity contribution in [1.29, 1.82) is 0 Å². The average Bonchev–Trinajstić information content (AvgIpc) is 3.66. The number of amides is 1. The Morgan fingerprint density at radius 1 is 1.18 bits per heavy atom. The summed E-state index contributed by atoms with van der Waals surface area (Å²) in [6.45, 7) is 7.87. The molecule has 1 atom stereocenters. The van der Waals surface area contributed by atoms with E-state index in [0.717, 1.165) is 76.0 Å². The number of carbonyl (C=O) groups is 1. The maximum Gasteiger partial charge on any atom is 0.259 e. The van der Waals surface area contributed by atoms with Crippen molar-refractivity contribution in [3.05, 3.63) is 41.6 Å². The third-order valence-electron chi connectivity index (χ3n) is 7.62. The van der Waals surface area contributed by atoms with Gasteiger partial charge in [0.1, 0.15) is 17.3 Å². The van der Waals surface area contributed by atoms with Gasteiger partial charge in [-0.2, -0.15) is 0 Å². The molecule has 1 amide bonds. The molecule has 2 fully saturated rings. The molecule has 4 aliphatic rings. The average molecular weight is 549 g/mol. The maximum atomic E-state index is 13.2. The Kier molecular flexibility index (Phi) is 7.80. The minimum atomic E-state index is -0.292. The van der Waals surface area contributed by atoms with E-state index in [1.165, 1.54) is 0 Å². The van der Waals surface area contributed by atoms with E-state index in [-0.39, 0.29) is 11.9 Å². The first-order chi connectivity index (χ1) is 19.6. The SMILES string of the molecule is COc1c(OCCCN2CCOCC2)ccc2c1N=C(NC(=O)c1ccc(N3CCC(N)C3)nc1)N1CCN=C21. The first-order valence-electron chi connectivity index (χ1n) is 13.9. The number of nitrogens with zero attached hydrogens (tertiary/aromatic N) is 6. The molecular weight excluding hydrogens is 512 g/mol. The maximum absolute atomic E-state index is 13.2. The quantitative estimate of drug-likeness (QED) is 0.468. The summed E-state index contributed by atoms with van der Waals surface area (Å²) in [7, 11) is 1.60. The van der Waals surface area contributed by atoms with Crippen LogP contribution in [-0.2, 0) is 4.74 Å². The van der Waals surface area contributed by atoms with Crippen molar-refractivity contribution in [3.63, 3.8) is 0 Å². The van der Waals surface area contributed by atoms with Gasteiger partial charge in [0.05, 0.1) is 39.0 Å². The van der Waals surface area contributed by atoms with E-state index in [2.05, 4.69) is 20.1 Å².